The monoisotopic (exact) mass is 328 g/mol. The smallest absolute Gasteiger partial charge is 0.343 e. The summed E-state index contributed by atoms with van der Waals surface area (Å²) in [6.07, 6.45) is 4.16. The third-order valence-electron chi connectivity index (χ3n) is 3.33. The zero-order valence-corrected chi connectivity index (χ0v) is 14.8. The van der Waals surface area contributed by atoms with Crippen LogP contribution in [0.1, 0.15) is 53.4 Å². The molecule has 0 aliphatic heterocycles. The lowest BCUT2D eigenvalue weighted by Crippen LogP contribution is -2.34. The summed E-state index contributed by atoms with van der Waals surface area (Å²) >= 11 is 1.30. The Morgan fingerprint density at radius 3 is 2.73 bits per heavy atom. The highest BCUT2D eigenvalue weighted by Gasteiger charge is 2.12. The topological polar surface area (TPSA) is 79.8 Å². The molecule has 1 rings (SSSR count). The van der Waals surface area contributed by atoms with Crippen molar-refractivity contribution >= 4 is 17.7 Å². The summed E-state index contributed by atoms with van der Waals surface area (Å²) in [4.78, 5) is 23.5. The van der Waals surface area contributed by atoms with Crippen LogP contribution >= 0.6 is 11.8 Å². The van der Waals surface area contributed by atoms with E-state index in [1.54, 1.807) is 4.57 Å². The summed E-state index contributed by atoms with van der Waals surface area (Å²) in [5.74, 6) is 0.969. The number of nitrogens with one attached hydrogen (secondary N) is 2. The van der Waals surface area contributed by atoms with E-state index in [9.17, 15) is 9.59 Å². The van der Waals surface area contributed by atoms with Crippen LogP contribution in [0.5, 0.6) is 0 Å². The molecule has 1 heterocycles. The maximum Gasteiger partial charge on any atom is 0.343 e. The zero-order valence-electron chi connectivity index (χ0n) is 14.0. The number of rotatable bonds is 10. The minimum Gasteiger partial charge on any atom is -0.353 e. The van der Waals surface area contributed by atoms with Gasteiger partial charge in [0.05, 0.1) is 5.75 Å². The quantitative estimate of drug-likeness (QED) is 0.646. The molecule has 0 saturated heterocycles. The average Bonchev–Trinajstić information content (AvgIpc) is 2.78. The van der Waals surface area contributed by atoms with Gasteiger partial charge in [-0.2, -0.15) is 0 Å². The van der Waals surface area contributed by atoms with Gasteiger partial charge < -0.3 is 5.32 Å². The van der Waals surface area contributed by atoms with Crippen molar-refractivity contribution in [3.05, 3.63) is 10.5 Å². The van der Waals surface area contributed by atoms with Crippen LogP contribution in [0.25, 0.3) is 0 Å². The Labute approximate surface area is 136 Å². The largest absolute Gasteiger partial charge is 0.353 e. The fourth-order valence-corrected chi connectivity index (χ4v) is 2.97. The van der Waals surface area contributed by atoms with E-state index in [2.05, 4.69) is 29.4 Å². The summed E-state index contributed by atoms with van der Waals surface area (Å²) in [6, 6.07) is 0.184. The van der Waals surface area contributed by atoms with Gasteiger partial charge in [0, 0.05) is 12.6 Å². The van der Waals surface area contributed by atoms with Crippen LogP contribution in [0.3, 0.4) is 0 Å². The van der Waals surface area contributed by atoms with Crippen molar-refractivity contribution in [3.8, 4) is 0 Å². The molecular formula is C15H28N4O2S. The highest BCUT2D eigenvalue weighted by Crippen LogP contribution is 2.13. The van der Waals surface area contributed by atoms with Crippen LogP contribution in [0.2, 0.25) is 0 Å². The minimum atomic E-state index is -0.216. The van der Waals surface area contributed by atoms with Gasteiger partial charge >= 0.3 is 5.69 Å². The first-order valence-corrected chi connectivity index (χ1v) is 9.00. The third-order valence-corrected chi connectivity index (χ3v) is 4.31. The summed E-state index contributed by atoms with van der Waals surface area (Å²) in [6.45, 7) is 9.06. The number of thioether (sulfide) groups is 1. The highest BCUT2D eigenvalue weighted by atomic mass is 32.2. The summed E-state index contributed by atoms with van der Waals surface area (Å²) in [5.41, 5.74) is -0.216. The second-order valence-corrected chi connectivity index (χ2v) is 6.99. The van der Waals surface area contributed by atoms with Crippen LogP contribution in [0, 0.1) is 5.92 Å². The summed E-state index contributed by atoms with van der Waals surface area (Å²) < 4.78 is 1.57. The first-order valence-electron chi connectivity index (χ1n) is 8.01. The van der Waals surface area contributed by atoms with E-state index >= 15 is 0 Å². The Balaban J connectivity index is 2.35. The van der Waals surface area contributed by atoms with Crippen LogP contribution < -0.4 is 11.0 Å². The molecule has 0 aromatic carbocycles. The molecule has 0 aliphatic rings. The molecule has 6 nitrogen and oxygen atoms in total. The lowest BCUT2D eigenvalue weighted by molar-refractivity contribution is -0.119. The van der Waals surface area contributed by atoms with Crippen molar-refractivity contribution < 1.29 is 4.79 Å². The lowest BCUT2D eigenvalue weighted by atomic mass is 10.0. The molecule has 0 fully saturated rings. The van der Waals surface area contributed by atoms with E-state index in [4.69, 9.17) is 0 Å². The standard InChI is InChI=1S/C15H28N4O2S/c1-5-9-19-14(21)17-18-15(19)22-10-13(20)16-12(4)8-6-7-11(2)3/h11-12H,5-10H2,1-4H3,(H,16,20)(H,17,21)/t12-/m1/s1. The number of aromatic nitrogens is 3. The van der Waals surface area contributed by atoms with E-state index in [1.165, 1.54) is 18.2 Å². The van der Waals surface area contributed by atoms with Crippen molar-refractivity contribution in [2.75, 3.05) is 5.75 Å². The number of nitrogens with zero attached hydrogens (tertiary/aromatic N) is 2. The normalized spacial score (nSPS) is 12.6. The Morgan fingerprint density at radius 2 is 2.09 bits per heavy atom. The van der Waals surface area contributed by atoms with E-state index in [0.29, 0.717) is 17.6 Å². The number of amides is 1. The molecule has 0 aliphatic carbocycles. The molecule has 0 radical (unpaired) electrons. The second-order valence-electron chi connectivity index (χ2n) is 6.04. The molecule has 22 heavy (non-hydrogen) atoms. The zero-order chi connectivity index (χ0) is 16.5. The van der Waals surface area contributed by atoms with E-state index in [0.717, 1.165) is 19.3 Å². The first-order chi connectivity index (χ1) is 10.4. The molecule has 0 unspecified atom stereocenters. The van der Waals surface area contributed by atoms with Crippen LogP contribution in [0.15, 0.2) is 9.95 Å². The number of hydrogen-bond acceptors (Lipinski definition) is 4. The van der Waals surface area contributed by atoms with Gasteiger partial charge in [0.25, 0.3) is 0 Å². The van der Waals surface area contributed by atoms with Gasteiger partial charge in [0.2, 0.25) is 5.91 Å². The number of carbonyl (C=O) groups excluding carboxylic acids is 1. The number of H-pyrrole nitrogens is 1. The fraction of sp³-hybridized carbons (Fsp3) is 0.800. The molecule has 0 saturated carbocycles. The number of aromatic amines is 1. The van der Waals surface area contributed by atoms with Gasteiger partial charge in [-0.05, 0) is 25.7 Å². The number of carbonyl (C=O) groups is 1. The first kappa shape index (κ1) is 18.8. The molecule has 2 N–H and O–H groups in total. The van der Waals surface area contributed by atoms with Crippen molar-refractivity contribution in [1.29, 1.82) is 0 Å². The predicted octanol–water partition coefficient (Wildman–Crippen LogP) is 2.40. The Morgan fingerprint density at radius 1 is 1.36 bits per heavy atom. The lowest BCUT2D eigenvalue weighted by Gasteiger charge is -2.14. The van der Waals surface area contributed by atoms with Gasteiger partial charge in [0.15, 0.2) is 5.16 Å². The van der Waals surface area contributed by atoms with Crippen LogP contribution in [-0.4, -0.2) is 32.5 Å². The minimum absolute atomic E-state index is 0.0134. The molecule has 1 amide bonds. The molecule has 1 atom stereocenters. The molecule has 0 bridgehead atoms. The second kappa shape index (κ2) is 9.71. The third kappa shape index (κ3) is 6.68. The van der Waals surface area contributed by atoms with Crippen molar-refractivity contribution in [1.82, 2.24) is 20.1 Å². The highest BCUT2D eigenvalue weighted by molar-refractivity contribution is 7.99. The predicted molar refractivity (Wildman–Crippen MR) is 90.2 cm³/mol. The Kier molecular flexibility index (Phi) is 8.30. The average molecular weight is 328 g/mol. The van der Waals surface area contributed by atoms with Crippen molar-refractivity contribution in [2.24, 2.45) is 5.92 Å². The van der Waals surface area contributed by atoms with Gasteiger partial charge in [-0.25, -0.2) is 9.89 Å². The molecule has 1 aromatic heterocycles. The van der Waals surface area contributed by atoms with Gasteiger partial charge in [0.1, 0.15) is 0 Å². The van der Waals surface area contributed by atoms with E-state index in [-0.39, 0.29) is 23.4 Å². The Bertz CT molecular complexity index is 510. The summed E-state index contributed by atoms with van der Waals surface area (Å²) in [5, 5.41) is 9.97. The fourth-order valence-electron chi connectivity index (χ4n) is 2.19. The number of hydrogen-bond donors (Lipinski definition) is 2. The van der Waals surface area contributed by atoms with E-state index in [1.807, 2.05) is 13.8 Å². The SMILES string of the molecule is CCCn1c(SCC(=O)N[C@H](C)CCCC(C)C)n[nH]c1=O. The van der Waals surface area contributed by atoms with Crippen LogP contribution in [0.4, 0.5) is 0 Å². The van der Waals surface area contributed by atoms with Gasteiger partial charge in [-0.3, -0.25) is 9.36 Å². The van der Waals surface area contributed by atoms with Crippen LogP contribution in [-0.2, 0) is 11.3 Å². The maximum atomic E-state index is 11.9. The van der Waals surface area contributed by atoms with Crippen molar-refractivity contribution in [2.45, 2.75) is 71.1 Å². The van der Waals surface area contributed by atoms with Crippen molar-refractivity contribution in [3.63, 3.8) is 0 Å². The molecule has 126 valence electrons. The maximum absolute atomic E-state index is 11.9. The molecule has 0 spiro atoms. The van der Waals surface area contributed by atoms with Gasteiger partial charge in [-0.15, -0.1) is 5.10 Å². The van der Waals surface area contributed by atoms with Gasteiger partial charge in [-0.1, -0.05) is 45.4 Å². The Hall–Kier alpha value is -1.24. The van der Waals surface area contributed by atoms with E-state index < -0.39 is 0 Å². The molecular weight excluding hydrogens is 300 g/mol. The summed E-state index contributed by atoms with van der Waals surface area (Å²) in [7, 11) is 0. The molecule has 1 aromatic rings. The molecule has 7 heteroatoms.